The van der Waals surface area contributed by atoms with Crippen molar-refractivity contribution in [2.75, 3.05) is 0 Å². The van der Waals surface area contributed by atoms with Crippen LogP contribution in [0.4, 0.5) is 0 Å². The monoisotopic (exact) mass is 348 g/mol. The van der Waals surface area contributed by atoms with E-state index >= 15 is 0 Å². The van der Waals surface area contributed by atoms with E-state index in [0.717, 1.165) is 6.42 Å². The summed E-state index contributed by atoms with van der Waals surface area (Å²) in [6.07, 6.45) is 1.42. The van der Waals surface area contributed by atoms with E-state index in [1.807, 2.05) is 6.92 Å². The first kappa shape index (κ1) is 10.0. The van der Waals surface area contributed by atoms with Gasteiger partial charge in [-0.05, 0) is 0 Å². The van der Waals surface area contributed by atoms with Crippen molar-refractivity contribution in [3.63, 3.8) is 0 Å². The van der Waals surface area contributed by atoms with Gasteiger partial charge in [-0.3, -0.25) is 0 Å². The molecule has 0 unspecified atom stereocenters. The van der Waals surface area contributed by atoms with E-state index in [2.05, 4.69) is 0 Å². The molecule has 0 bridgehead atoms. The van der Waals surface area contributed by atoms with E-state index in [-0.39, 0.29) is 28.9 Å². The molecule has 0 aromatic heterocycles. The van der Waals surface area contributed by atoms with Gasteiger partial charge in [-0.25, -0.2) is 0 Å². The Morgan fingerprint density at radius 2 is 2.44 bits per heavy atom. The van der Waals surface area contributed by atoms with Gasteiger partial charge < -0.3 is 0 Å². The zero-order valence-electron chi connectivity index (χ0n) is 5.85. The summed E-state index contributed by atoms with van der Waals surface area (Å²) in [4.78, 5) is 10.6. The Hall–Kier alpha value is 1.03. The van der Waals surface area contributed by atoms with Gasteiger partial charge in [0.15, 0.2) is 0 Å². The molecule has 0 aliphatic carbocycles. The van der Waals surface area contributed by atoms with Gasteiger partial charge in [0.25, 0.3) is 0 Å². The maximum absolute atomic E-state index is 10.6. The average Bonchev–Trinajstić information content (AvgIpc) is 1.85. The average molecular weight is 346 g/mol. The van der Waals surface area contributed by atoms with Gasteiger partial charge in [-0.15, -0.1) is 0 Å². The molecule has 0 aliphatic rings. The molecule has 0 atom stereocenters. The van der Waals surface area contributed by atoms with Gasteiger partial charge in [0, 0.05) is 0 Å². The Morgan fingerprint density at radius 3 is 2.89 bits per heavy atom. The third-order valence-electron chi connectivity index (χ3n) is 0.792. The van der Waals surface area contributed by atoms with E-state index in [1.54, 1.807) is 0 Å². The first-order chi connectivity index (χ1) is 4.31. The van der Waals surface area contributed by atoms with Gasteiger partial charge in [0.05, 0.1) is 0 Å². The van der Waals surface area contributed by atoms with E-state index in [1.165, 1.54) is 0 Å². The van der Waals surface area contributed by atoms with E-state index in [0.29, 0.717) is 6.42 Å². The topological polar surface area (TPSA) is 35.5 Å². The number of rotatable bonds is 4. The van der Waals surface area contributed by atoms with Crippen molar-refractivity contribution in [2.45, 2.75) is 19.8 Å². The fraction of sp³-hybridized carbons (Fsp3) is 0.750. The molecule has 0 N–H and O–H groups in total. The van der Waals surface area contributed by atoms with Gasteiger partial charge in [0.1, 0.15) is 0 Å². The Bertz CT molecular complexity index is 85.9. The van der Waals surface area contributed by atoms with E-state index in [4.69, 9.17) is 4.49 Å². The Labute approximate surface area is 79.4 Å². The van der Waals surface area contributed by atoms with Crippen LogP contribution in [-0.4, -0.2) is 50.9 Å². The van der Waals surface area contributed by atoms with Crippen LogP contribution in [0.25, 0.3) is 0 Å². The molecule has 54 valence electrons. The van der Waals surface area contributed by atoms with Crippen molar-refractivity contribution < 1.29 is 9.28 Å². The number of hydrogen-bond donors (Lipinski definition) is 0. The van der Waals surface area contributed by atoms with Crippen molar-refractivity contribution in [2.24, 2.45) is 0 Å². The molecule has 0 saturated heterocycles. The van der Waals surface area contributed by atoms with E-state index < -0.39 is 22.0 Å². The van der Waals surface area contributed by atoms with Crippen molar-refractivity contribution in [1.82, 2.24) is 0 Å². The number of carbonyl (C=O) groups is 1. The molecule has 0 heterocycles. The maximum atomic E-state index is 10.6. The summed E-state index contributed by atoms with van der Waals surface area (Å²) in [6, 6.07) is 0. The molecule has 0 aromatic rings. The minimum atomic E-state index is -1.45. The van der Waals surface area contributed by atoms with Crippen molar-refractivity contribution >= 4 is 50.9 Å². The van der Waals surface area contributed by atoms with Gasteiger partial charge in [0.2, 0.25) is 0 Å². The minimum absolute atomic E-state index is 0.0681. The molecule has 5 heteroatoms. The van der Waals surface area contributed by atoms with Crippen molar-refractivity contribution in [3.05, 3.63) is 0 Å². The second-order valence-electron chi connectivity index (χ2n) is 1.67. The molecule has 0 rings (SSSR count). The standard InChI is InChI=1S/C4H8O2.O.2Sn.5H/c1-2-3-4(5)6;;;;;;;;/h2-3H2,1H3,(H,5,6);;;;;;;;/q;;;+1;;;;;/p-1. The van der Waals surface area contributed by atoms with Crippen LogP contribution in [0.15, 0.2) is 0 Å². The number of hydrogen-bond acceptors (Lipinski definition) is 3. The molecule has 0 saturated carbocycles. The Kier molecular flexibility index (Phi) is 7.95. The summed E-state index contributed by atoms with van der Waals surface area (Å²) in [6.45, 7) is 1.96. The fourth-order valence-electron chi connectivity index (χ4n) is 0.401. The SMILES string of the molecule is CCCC(=O)[O][SnH2][O][SnH3]. The second-order valence-corrected chi connectivity index (χ2v) is 15.9. The normalized spacial score (nSPS) is 10.8. The van der Waals surface area contributed by atoms with Crippen molar-refractivity contribution in [1.29, 1.82) is 0 Å². The summed E-state index contributed by atoms with van der Waals surface area (Å²) < 4.78 is 9.77. The molecule has 0 amide bonds. The zero-order valence-corrected chi connectivity index (χ0v) is 15.6. The molecule has 0 aliphatic heterocycles. The molecule has 0 fully saturated rings. The summed E-state index contributed by atoms with van der Waals surface area (Å²) in [5.41, 5.74) is 0. The third kappa shape index (κ3) is 6.92. The molecule has 0 radical (unpaired) electrons. The van der Waals surface area contributed by atoms with Crippen LogP contribution in [0.3, 0.4) is 0 Å². The Balaban J connectivity index is 3.06. The van der Waals surface area contributed by atoms with Gasteiger partial charge >= 0.3 is 79.9 Å². The van der Waals surface area contributed by atoms with Crippen molar-refractivity contribution in [3.8, 4) is 0 Å². The van der Waals surface area contributed by atoms with Crippen LogP contribution in [0, 0.1) is 0 Å². The second kappa shape index (κ2) is 7.14. The molecule has 0 spiro atoms. The molecule has 9 heavy (non-hydrogen) atoms. The van der Waals surface area contributed by atoms with Crippen LogP contribution < -0.4 is 0 Å². The zero-order chi connectivity index (χ0) is 7.11. The van der Waals surface area contributed by atoms with Crippen LogP contribution in [0.2, 0.25) is 0 Å². The molecule has 3 nitrogen and oxygen atoms in total. The van der Waals surface area contributed by atoms with E-state index in [9.17, 15) is 4.79 Å². The molecular weight excluding hydrogens is 333 g/mol. The predicted octanol–water partition coefficient (Wildman–Crippen LogP) is -1.37. The van der Waals surface area contributed by atoms with Gasteiger partial charge in [-0.1, -0.05) is 0 Å². The fourth-order valence-corrected chi connectivity index (χ4v) is 3.78. The van der Waals surface area contributed by atoms with Crippen LogP contribution in [0.5, 0.6) is 0 Å². The first-order valence-corrected chi connectivity index (χ1v) is 8.58. The third-order valence-corrected chi connectivity index (χ3v) is 7.23. The van der Waals surface area contributed by atoms with Crippen LogP contribution in [-0.2, 0) is 9.28 Å². The number of carbonyl (C=O) groups excluding carboxylic acids is 1. The summed E-state index contributed by atoms with van der Waals surface area (Å²) in [5.74, 6) is -0.0681. The summed E-state index contributed by atoms with van der Waals surface area (Å²) >= 11 is -1.17. The summed E-state index contributed by atoms with van der Waals surface area (Å²) in [7, 11) is 0. The summed E-state index contributed by atoms with van der Waals surface area (Å²) in [5, 5.41) is 0. The van der Waals surface area contributed by atoms with Crippen LogP contribution >= 0.6 is 0 Å². The Morgan fingerprint density at radius 1 is 1.78 bits per heavy atom. The quantitative estimate of drug-likeness (QED) is 0.590. The predicted molar refractivity (Wildman–Crippen MR) is 40.6 cm³/mol. The molecule has 0 aromatic carbocycles. The first-order valence-electron chi connectivity index (χ1n) is 2.95. The van der Waals surface area contributed by atoms with Crippen LogP contribution in [0.1, 0.15) is 19.8 Å². The molecular formula is C4H12O3Sn2. The van der Waals surface area contributed by atoms with Gasteiger partial charge in [-0.2, -0.15) is 0 Å².